The quantitative estimate of drug-likeness (QED) is 0.166. The molecule has 0 amide bonds. The summed E-state index contributed by atoms with van der Waals surface area (Å²) in [5.41, 5.74) is 16.5. The Morgan fingerprint density at radius 1 is 0.459 bits per heavy atom. The van der Waals surface area contributed by atoms with E-state index >= 15 is 0 Å². The fourth-order valence-corrected chi connectivity index (χ4v) is 16.0. The molecular weight excluding hydrogens is 747 g/mol. The van der Waals surface area contributed by atoms with Gasteiger partial charge in [-0.15, -0.1) is 0 Å². The topological polar surface area (TPSA) is 78.3 Å². The largest absolute Gasteiger partial charge is 0.455 e. The number of furan rings is 2. The summed E-state index contributed by atoms with van der Waals surface area (Å²) in [7, 11) is 0. The number of fused-ring (bicyclic) bond motifs is 12. The summed E-state index contributed by atoms with van der Waals surface area (Å²) < 4.78 is 16.4. The lowest BCUT2D eigenvalue weighted by Crippen LogP contribution is -2.25. The molecule has 10 aromatic rings. The first-order valence-corrected chi connectivity index (χ1v) is 23.0. The molecule has 292 valence electrons. The minimum atomic E-state index is 0.438. The van der Waals surface area contributed by atoms with Crippen LogP contribution in [0, 0.1) is 46.3 Å². The number of hydrogen-bond acceptors (Lipinski definition) is 4. The van der Waals surface area contributed by atoms with Crippen LogP contribution in [-0.4, -0.2) is 4.40 Å². The second-order valence-electron chi connectivity index (χ2n) is 20.6. The van der Waals surface area contributed by atoms with Crippen LogP contribution >= 0.6 is 0 Å². The Balaban J connectivity index is 1.14. The summed E-state index contributed by atoms with van der Waals surface area (Å²) in [5.74, 6) is 4.69. The summed E-state index contributed by atoms with van der Waals surface area (Å²) in [6, 6.07) is 34.2. The number of hydrogen-bond donors (Lipinski definition) is 0. The molecule has 4 heterocycles. The van der Waals surface area contributed by atoms with Crippen LogP contribution in [-0.2, 0) is 0 Å². The van der Waals surface area contributed by atoms with Crippen LogP contribution in [0.4, 0.5) is 0 Å². The second kappa shape index (κ2) is 11.0. The number of rotatable bonds is 1. The van der Waals surface area contributed by atoms with Gasteiger partial charge in [0.1, 0.15) is 22.3 Å². The van der Waals surface area contributed by atoms with Crippen molar-refractivity contribution in [1.82, 2.24) is 4.40 Å². The molecule has 4 atom stereocenters. The fraction of sp³-hybridized carbons (Fsp3) is 0.321. The van der Waals surface area contributed by atoms with Gasteiger partial charge in [-0.05, 0) is 182 Å². The van der Waals surface area contributed by atoms with Gasteiger partial charge in [0.05, 0.1) is 45.4 Å². The molecule has 0 radical (unpaired) electrons. The molecule has 0 saturated heterocycles. The van der Waals surface area contributed by atoms with Crippen LogP contribution in [0.1, 0.15) is 121 Å². The number of aromatic nitrogens is 1. The zero-order valence-corrected chi connectivity index (χ0v) is 33.9. The van der Waals surface area contributed by atoms with Gasteiger partial charge in [-0.2, -0.15) is 10.5 Å². The van der Waals surface area contributed by atoms with Gasteiger partial charge in [0, 0.05) is 43.1 Å². The van der Waals surface area contributed by atoms with Crippen molar-refractivity contribution in [1.29, 1.82) is 10.5 Å². The van der Waals surface area contributed by atoms with Crippen LogP contribution in [0.5, 0.6) is 0 Å². The fourth-order valence-electron chi connectivity index (χ4n) is 16.0. The first-order valence-electron chi connectivity index (χ1n) is 23.0. The molecule has 4 fully saturated rings. The number of nitriles is 2. The van der Waals surface area contributed by atoms with Gasteiger partial charge in [0.2, 0.25) is 0 Å². The third-order valence-corrected chi connectivity index (χ3v) is 17.6. The van der Waals surface area contributed by atoms with Gasteiger partial charge >= 0.3 is 0 Å². The second-order valence-corrected chi connectivity index (χ2v) is 20.6. The molecular formula is C56H41N3O2. The molecule has 4 unspecified atom stereocenters. The van der Waals surface area contributed by atoms with E-state index in [0.29, 0.717) is 23.7 Å². The number of nitrogens with zero attached hydrogens (tertiary/aromatic N) is 3. The molecule has 0 spiro atoms. The van der Waals surface area contributed by atoms with Gasteiger partial charge in [-0.1, -0.05) is 36.4 Å². The van der Waals surface area contributed by atoms with Crippen molar-refractivity contribution >= 4 is 82.0 Å². The Morgan fingerprint density at radius 3 is 1.33 bits per heavy atom. The van der Waals surface area contributed by atoms with Crippen LogP contribution in [0.2, 0.25) is 0 Å². The van der Waals surface area contributed by atoms with E-state index in [4.69, 9.17) is 8.83 Å². The van der Waals surface area contributed by atoms with E-state index in [1.54, 1.807) is 0 Å². The van der Waals surface area contributed by atoms with E-state index in [1.807, 2.05) is 0 Å². The average Bonchev–Trinajstić information content (AvgIpc) is 3.96. The maximum absolute atomic E-state index is 11.1. The van der Waals surface area contributed by atoms with Crippen molar-refractivity contribution < 1.29 is 8.83 Å². The maximum Gasteiger partial charge on any atom is 0.147 e. The summed E-state index contributed by atoms with van der Waals surface area (Å²) in [6.07, 6.45) is 12.4. The first-order chi connectivity index (χ1) is 30.1. The third-order valence-electron chi connectivity index (χ3n) is 17.6. The summed E-state index contributed by atoms with van der Waals surface area (Å²) in [5, 5.41) is 31.8. The van der Waals surface area contributed by atoms with E-state index < -0.39 is 0 Å². The lowest BCUT2D eigenvalue weighted by molar-refractivity contribution is 0.166. The summed E-state index contributed by atoms with van der Waals surface area (Å²) in [6.45, 7) is 0. The predicted molar refractivity (Wildman–Crippen MR) is 242 cm³/mol. The van der Waals surface area contributed by atoms with Crippen molar-refractivity contribution in [3.8, 4) is 23.3 Å². The van der Waals surface area contributed by atoms with Crippen molar-refractivity contribution in [3.63, 3.8) is 0 Å². The van der Waals surface area contributed by atoms with Crippen LogP contribution in [0.15, 0.2) is 87.7 Å². The lowest BCUT2D eigenvalue weighted by atomic mass is 9.67. The monoisotopic (exact) mass is 787 g/mol. The van der Waals surface area contributed by atoms with E-state index in [0.717, 1.165) is 101 Å². The Hall–Kier alpha value is -6.30. The molecule has 61 heavy (non-hydrogen) atoms. The van der Waals surface area contributed by atoms with Crippen LogP contribution in [0.3, 0.4) is 0 Å². The molecule has 8 aliphatic rings. The van der Waals surface area contributed by atoms with Crippen molar-refractivity contribution in [2.45, 2.75) is 87.9 Å². The molecule has 8 aliphatic carbocycles. The van der Waals surface area contributed by atoms with Gasteiger partial charge in [-0.25, -0.2) is 0 Å². The molecule has 5 nitrogen and oxygen atoms in total. The standard InChI is InChI=1S/C56H41N3O2/c57-24-35-21-43-52(49-32-15-26-9-27(16-32)12-30(11-26)47(35)49)41-19-34(51-55-39(37-5-1-3-7-45(37)60-55)23-40-38-6-2-4-8-46(38)61-56(40)51)20-42-53-44(59(43)54(41)42)22-36(25-58)48-31-13-28-10-29(14-31)18-33(17-28)50(48)53/h1-8,19-23,26-33H,9-18H2. The van der Waals surface area contributed by atoms with Crippen molar-refractivity contribution in [2.75, 3.05) is 0 Å². The molecule has 4 aromatic heterocycles. The third kappa shape index (κ3) is 3.91. The zero-order valence-electron chi connectivity index (χ0n) is 33.9. The van der Waals surface area contributed by atoms with Crippen molar-refractivity contribution in [3.05, 3.63) is 112 Å². The lowest BCUT2D eigenvalue weighted by Gasteiger charge is -2.38. The zero-order chi connectivity index (χ0) is 39.6. The Bertz CT molecular complexity index is 3500. The Kier molecular flexibility index (Phi) is 5.83. The summed E-state index contributed by atoms with van der Waals surface area (Å²) >= 11 is 0. The van der Waals surface area contributed by atoms with E-state index in [2.05, 4.69) is 95.4 Å². The summed E-state index contributed by atoms with van der Waals surface area (Å²) in [4.78, 5) is 0. The van der Waals surface area contributed by atoms with E-state index in [1.165, 1.54) is 114 Å². The SMILES string of the molecule is N#Cc1cc2c(c3c1C1CC4CC(C1)CC3C4)c1cc(-c3c4oc5ccccc5c4cc4c3oc3ccccc34)cc3c4c5c(c(C#N)cc4n2c13)C1CC2CC(C1)CC5C2. The van der Waals surface area contributed by atoms with E-state index in [-0.39, 0.29) is 0 Å². The Labute approximate surface area is 351 Å². The highest BCUT2D eigenvalue weighted by Crippen LogP contribution is 2.62. The highest BCUT2D eigenvalue weighted by atomic mass is 16.3. The van der Waals surface area contributed by atoms with Crippen molar-refractivity contribution in [2.24, 2.45) is 23.7 Å². The first kappa shape index (κ1) is 32.5. The number of para-hydroxylation sites is 2. The molecule has 18 rings (SSSR count). The smallest absolute Gasteiger partial charge is 0.147 e. The van der Waals surface area contributed by atoms with E-state index in [9.17, 15) is 10.5 Å². The molecule has 8 bridgehead atoms. The molecule has 0 aliphatic heterocycles. The molecule has 0 N–H and O–H groups in total. The minimum absolute atomic E-state index is 0.438. The van der Waals surface area contributed by atoms with Crippen LogP contribution < -0.4 is 0 Å². The molecule has 6 aromatic carbocycles. The van der Waals surface area contributed by atoms with Gasteiger partial charge in [0.25, 0.3) is 0 Å². The van der Waals surface area contributed by atoms with Crippen LogP contribution in [0.25, 0.3) is 93.1 Å². The van der Waals surface area contributed by atoms with Gasteiger partial charge in [0.15, 0.2) is 0 Å². The molecule has 5 heteroatoms. The maximum atomic E-state index is 11.1. The minimum Gasteiger partial charge on any atom is -0.455 e. The normalized spacial score (nSPS) is 27.3. The predicted octanol–water partition coefficient (Wildman–Crippen LogP) is 14.8. The Morgan fingerprint density at radius 2 is 0.885 bits per heavy atom. The highest BCUT2D eigenvalue weighted by molar-refractivity contribution is 6.28. The van der Waals surface area contributed by atoms with Gasteiger partial charge < -0.3 is 13.2 Å². The average molecular weight is 788 g/mol. The van der Waals surface area contributed by atoms with Gasteiger partial charge in [-0.3, -0.25) is 0 Å². The highest BCUT2D eigenvalue weighted by Gasteiger charge is 2.47. The molecule has 4 saturated carbocycles. The number of benzene rings is 6.